The molecule has 0 spiro atoms. The molecule has 1 fully saturated rings. The largest absolute Gasteiger partial charge is 0.361 e. The Labute approximate surface area is 170 Å². The van der Waals surface area contributed by atoms with Gasteiger partial charge in [0.15, 0.2) is 0 Å². The van der Waals surface area contributed by atoms with Crippen LogP contribution in [0.15, 0.2) is 59.2 Å². The molecule has 7 nitrogen and oxygen atoms in total. The highest BCUT2D eigenvalue weighted by atomic mass is 79.9. The summed E-state index contributed by atoms with van der Waals surface area (Å²) >= 11 is 3.42. The second-order valence-corrected chi connectivity index (χ2v) is 7.67. The lowest BCUT2D eigenvalue weighted by atomic mass is 10.0. The number of rotatable bonds is 4. The van der Waals surface area contributed by atoms with Gasteiger partial charge in [0.1, 0.15) is 6.04 Å². The fourth-order valence-electron chi connectivity index (χ4n) is 3.36. The Balaban J connectivity index is 1.28. The van der Waals surface area contributed by atoms with Crippen LogP contribution in [0, 0.1) is 0 Å². The minimum Gasteiger partial charge on any atom is -0.361 e. The molecule has 8 heteroatoms. The first-order valence-electron chi connectivity index (χ1n) is 9.00. The van der Waals surface area contributed by atoms with Gasteiger partial charge >= 0.3 is 0 Å². The quantitative estimate of drug-likeness (QED) is 0.401. The van der Waals surface area contributed by atoms with Gasteiger partial charge in [0.05, 0.1) is 6.42 Å². The molecule has 2 heterocycles. The molecule has 4 rings (SSSR count). The van der Waals surface area contributed by atoms with E-state index in [9.17, 15) is 9.59 Å². The number of carbonyl (C=O) groups excluding carboxylic acids is 2. The van der Waals surface area contributed by atoms with Crippen molar-refractivity contribution in [2.45, 2.75) is 24.9 Å². The Kier molecular flexibility index (Phi) is 5.43. The number of hydrazine groups is 2. The van der Waals surface area contributed by atoms with Crippen LogP contribution in [0.2, 0.25) is 0 Å². The second kappa shape index (κ2) is 8.14. The van der Waals surface area contributed by atoms with Gasteiger partial charge in [0.2, 0.25) is 5.91 Å². The maximum atomic E-state index is 12.4. The van der Waals surface area contributed by atoms with E-state index in [0.29, 0.717) is 6.42 Å². The van der Waals surface area contributed by atoms with Crippen LogP contribution >= 0.6 is 15.9 Å². The van der Waals surface area contributed by atoms with Crippen LogP contribution in [0.1, 0.15) is 23.6 Å². The number of hydrogen-bond acceptors (Lipinski definition) is 4. The summed E-state index contributed by atoms with van der Waals surface area (Å²) in [6.45, 7) is 0. The normalized spacial score (nSPS) is 18.9. The third-order valence-corrected chi connectivity index (χ3v) is 5.37. The first-order valence-corrected chi connectivity index (χ1v) is 9.79. The highest BCUT2D eigenvalue weighted by Crippen LogP contribution is 2.23. The molecule has 1 aromatic heterocycles. The summed E-state index contributed by atoms with van der Waals surface area (Å²) < 4.78 is 1.01. The molecule has 3 aromatic rings. The summed E-state index contributed by atoms with van der Waals surface area (Å²) in [6, 6.07) is 15.3. The number of H-pyrrole nitrogens is 1. The number of nitrogens with one attached hydrogen (secondary N) is 5. The number of aromatic nitrogens is 1. The predicted octanol–water partition coefficient (Wildman–Crippen LogP) is 2.23. The number of amides is 2. The minimum absolute atomic E-state index is 0.0331. The molecule has 0 bridgehead atoms. The van der Waals surface area contributed by atoms with Crippen LogP contribution in [-0.2, 0) is 16.0 Å². The predicted molar refractivity (Wildman–Crippen MR) is 110 cm³/mol. The summed E-state index contributed by atoms with van der Waals surface area (Å²) in [5.74, 6) is -0.548. The zero-order valence-corrected chi connectivity index (χ0v) is 16.5. The Morgan fingerprint density at radius 3 is 2.64 bits per heavy atom. The standard InChI is InChI=1S/C20H20BrN5O2/c21-14-7-5-12(6-8-14)17-10-18(24-23-17)20(28)26-25-19(27)9-13-11-22-16-4-2-1-3-15(13)16/h1-8,11,17-18,22-24H,9-10H2,(H,25,27)(H,26,28). The minimum atomic E-state index is -0.429. The smallest absolute Gasteiger partial charge is 0.256 e. The van der Waals surface area contributed by atoms with Gasteiger partial charge in [-0.2, -0.15) is 0 Å². The molecular weight excluding hydrogens is 422 g/mol. The van der Waals surface area contributed by atoms with Crippen molar-refractivity contribution in [3.05, 3.63) is 70.3 Å². The molecule has 28 heavy (non-hydrogen) atoms. The van der Waals surface area contributed by atoms with Gasteiger partial charge in [0.25, 0.3) is 5.91 Å². The summed E-state index contributed by atoms with van der Waals surface area (Å²) in [7, 11) is 0. The molecule has 2 unspecified atom stereocenters. The Morgan fingerprint density at radius 1 is 1.04 bits per heavy atom. The maximum Gasteiger partial charge on any atom is 0.256 e. The van der Waals surface area contributed by atoms with Crippen LogP contribution in [0.25, 0.3) is 10.9 Å². The topological polar surface area (TPSA) is 98.1 Å². The summed E-state index contributed by atoms with van der Waals surface area (Å²) in [4.78, 5) is 27.7. The van der Waals surface area contributed by atoms with Crippen LogP contribution in [0.3, 0.4) is 0 Å². The zero-order chi connectivity index (χ0) is 19.5. The Hall–Kier alpha value is -2.68. The van der Waals surface area contributed by atoms with E-state index in [4.69, 9.17) is 0 Å². The van der Waals surface area contributed by atoms with Crippen molar-refractivity contribution < 1.29 is 9.59 Å². The summed E-state index contributed by atoms with van der Waals surface area (Å²) in [5.41, 5.74) is 14.1. The maximum absolute atomic E-state index is 12.4. The lowest BCUT2D eigenvalue weighted by Crippen LogP contribution is -2.50. The number of halogens is 1. The first-order chi connectivity index (χ1) is 13.6. The number of hydrogen-bond donors (Lipinski definition) is 5. The lowest BCUT2D eigenvalue weighted by Gasteiger charge is -2.11. The molecule has 0 saturated carbocycles. The van der Waals surface area contributed by atoms with E-state index in [1.165, 1.54) is 0 Å². The Morgan fingerprint density at radius 2 is 1.82 bits per heavy atom. The molecule has 5 N–H and O–H groups in total. The Bertz CT molecular complexity index is 1000. The SMILES string of the molecule is O=C(Cc1c[nH]c2ccccc12)NNC(=O)C1CC(c2ccc(Br)cc2)NN1. The molecule has 2 aromatic carbocycles. The van der Waals surface area contributed by atoms with E-state index in [-0.39, 0.29) is 24.3 Å². The van der Waals surface area contributed by atoms with E-state index in [1.807, 2.05) is 54.7 Å². The van der Waals surface area contributed by atoms with Gasteiger partial charge in [-0.25, -0.2) is 10.9 Å². The fraction of sp³-hybridized carbons (Fsp3) is 0.200. The number of para-hydroxylation sites is 1. The average Bonchev–Trinajstić information content (AvgIpc) is 3.35. The van der Waals surface area contributed by atoms with Crippen molar-refractivity contribution in [1.29, 1.82) is 0 Å². The highest BCUT2D eigenvalue weighted by molar-refractivity contribution is 9.10. The van der Waals surface area contributed by atoms with Crippen LogP contribution in [0.4, 0.5) is 0 Å². The molecule has 144 valence electrons. The van der Waals surface area contributed by atoms with Crippen molar-refractivity contribution in [3.63, 3.8) is 0 Å². The van der Waals surface area contributed by atoms with Crippen molar-refractivity contribution in [2.75, 3.05) is 0 Å². The summed E-state index contributed by atoms with van der Waals surface area (Å²) in [6.07, 6.45) is 2.59. The van der Waals surface area contributed by atoms with Gasteiger partial charge < -0.3 is 4.98 Å². The molecule has 1 saturated heterocycles. The second-order valence-electron chi connectivity index (χ2n) is 6.75. The van der Waals surface area contributed by atoms with Crippen molar-refractivity contribution in [3.8, 4) is 0 Å². The van der Waals surface area contributed by atoms with Gasteiger partial charge in [0, 0.05) is 27.6 Å². The monoisotopic (exact) mass is 441 g/mol. The van der Waals surface area contributed by atoms with E-state index in [2.05, 4.69) is 42.6 Å². The van der Waals surface area contributed by atoms with Gasteiger partial charge in [-0.1, -0.05) is 46.3 Å². The van der Waals surface area contributed by atoms with E-state index < -0.39 is 6.04 Å². The molecule has 1 aliphatic heterocycles. The van der Waals surface area contributed by atoms with Crippen molar-refractivity contribution in [2.24, 2.45) is 0 Å². The molecule has 1 aliphatic rings. The van der Waals surface area contributed by atoms with Crippen LogP contribution in [-0.4, -0.2) is 22.8 Å². The average molecular weight is 442 g/mol. The number of benzene rings is 2. The third kappa shape index (κ3) is 4.09. The van der Waals surface area contributed by atoms with Gasteiger partial charge in [-0.3, -0.25) is 20.4 Å². The third-order valence-electron chi connectivity index (χ3n) is 4.84. The first kappa shape index (κ1) is 18.7. The molecular formula is C20H20BrN5O2. The molecule has 2 amide bonds. The van der Waals surface area contributed by atoms with Crippen molar-refractivity contribution >= 4 is 38.6 Å². The molecule has 0 radical (unpaired) electrons. The molecule has 0 aliphatic carbocycles. The lowest BCUT2D eigenvalue weighted by molar-refractivity contribution is -0.129. The zero-order valence-electron chi connectivity index (χ0n) is 15.0. The number of carbonyl (C=O) groups is 2. The molecule has 2 atom stereocenters. The summed E-state index contributed by atoms with van der Waals surface area (Å²) in [5, 5.41) is 1.00. The highest BCUT2D eigenvalue weighted by Gasteiger charge is 2.30. The van der Waals surface area contributed by atoms with Crippen LogP contribution in [0.5, 0.6) is 0 Å². The van der Waals surface area contributed by atoms with E-state index >= 15 is 0 Å². The van der Waals surface area contributed by atoms with E-state index in [1.54, 1.807) is 0 Å². The van der Waals surface area contributed by atoms with Crippen molar-refractivity contribution in [1.82, 2.24) is 26.7 Å². The fourth-order valence-corrected chi connectivity index (χ4v) is 3.62. The van der Waals surface area contributed by atoms with Gasteiger partial charge in [-0.15, -0.1) is 0 Å². The number of fused-ring (bicyclic) bond motifs is 1. The van der Waals surface area contributed by atoms with Crippen LogP contribution < -0.4 is 21.7 Å². The van der Waals surface area contributed by atoms with E-state index in [0.717, 1.165) is 26.5 Å². The van der Waals surface area contributed by atoms with Gasteiger partial charge in [-0.05, 0) is 35.7 Å². The number of aromatic amines is 1.